The van der Waals surface area contributed by atoms with Crippen LogP contribution in [0.15, 0.2) is 18.2 Å². The van der Waals surface area contributed by atoms with Gasteiger partial charge in [-0.1, -0.05) is 31.4 Å². The van der Waals surface area contributed by atoms with E-state index in [1.165, 1.54) is 25.7 Å². The van der Waals surface area contributed by atoms with E-state index in [1.807, 2.05) is 25.1 Å². The number of amides is 1. The molecule has 1 saturated carbocycles. The average Bonchev–Trinajstić information content (AvgIpc) is 2.49. The van der Waals surface area contributed by atoms with E-state index in [0.717, 1.165) is 24.3 Å². The second-order valence-corrected chi connectivity index (χ2v) is 6.17. The van der Waals surface area contributed by atoms with E-state index in [0.29, 0.717) is 17.3 Å². The van der Waals surface area contributed by atoms with Gasteiger partial charge in [0, 0.05) is 6.04 Å². The largest absolute Gasteiger partial charge is 0.349 e. The zero-order valence-corrected chi connectivity index (χ0v) is 13.1. The Hall–Kier alpha value is -1.55. The molecule has 0 heterocycles. The van der Waals surface area contributed by atoms with Crippen LogP contribution in [0, 0.1) is 12.8 Å². The number of hydrazine groups is 1. The highest BCUT2D eigenvalue weighted by molar-refractivity contribution is 5.99. The predicted octanol–water partition coefficient (Wildman–Crippen LogP) is 3.37. The number of nitrogens with two attached hydrogens (primary N) is 1. The topological polar surface area (TPSA) is 67.2 Å². The van der Waals surface area contributed by atoms with Crippen LogP contribution < -0.4 is 16.6 Å². The van der Waals surface area contributed by atoms with Gasteiger partial charge in [0.25, 0.3) is 5.91 Å². The van der Waals surface area contributed by atoms with Crippen molar-refractivity contribution in [2.75, 3.05) is 5.43 Å². The van der Waals surface area contributed by atoms with Gasteiger partial charge in [0.2, 0.25) is 0 Å². The first-order valence-corrected chi connectivity index (χ1v) is 8.02. The van der Waals surface area contributed by atoms with Crippen molar-refractivity contribution in [1.29, 1.82) is 0 Å². The predicted molar refractivity (Wildman–Crippen MR) is 87.1 cm³/mol. The van der Waals surface area contributed by atoms with E-state index in [-0.39, 0.29) is 5.91 Å². The minimum atomic E-state index is -0.0226. The minimum Gasteiger partial charge on any atom is -0.349 e. The molecule has 0 atom stereocenters. The summed E-state index contributed by atoms with van der Waals surface area (Å²) in [5, 5.41) is 3.17. The number of nitrogen functional groups attached to an aromatic ring is 1. The molecular formula is C17H27N3O. The highest BCUT2D eigenvalue weighted by Crippen LogP contribution is 2.28. The van der Waals surface area contributed by atoms with Gasteiger partial charge < -0.3 is 10.7 Å². The molecule has 0 bridgehead atoms. The maximum Gasteiger partial charge on any atom is 0.253 e. The van der Waals surface area contributed by atoms with E-state index in [2.05, 4.69) is 17.7 Å². The van der Waals surface area contributed by atoms with Crippen LogP contribution >= 0.6 is 0 Å². The molecule has 0 radical (unpaired) electrons. The highest BCUT2D eigenvalue weighted by atomic mass is 16.1. The normalized spacial score (nSPS) is 21.9. The van der Waals surface area contributed by atoms with Crippen LogP contribution in [0.4, 0.5) is 5.69 Å². The SMILES string of the molecule is CCCC1CCC(NC(=O)c2cc(C)ccc2NN)CC1. The average molecular weight is 289 g/mol. The molecule has 2 rings (SSSR count). The number of hydrogen-bond acceptors (Lipinski definition) is 3. The van der Waals surface area contributed by atoms with Crippen molar-refractivity contribution in [2.24, 2.45) is 11.8 Å². The molecule has 4 N–H and O–H groups in total. The number of nitrogens with one attached hydrogen (secondary N) is 2. The van der Waals surface area contributed by atoms with Crippen LogP contribution in [0.2, 0.25) is 0 Å². The Balaban J connectivity index is 1.95. The number of anilines is 1. The lowest BCUT2D eigenvalue weighted by atomic mass is 9.83. The Labute approximate surface area is 127 Å². The summed E-state index contributed by atoms with van der Waals surface area (Å²) in [4.78, 5) is 12.4. The van der Waals surface area contributed by atoms with Crippen molar-refractivity contribution >= 4 is 11.6 Å². The number of benzene rings is 1. The summed E-state index contributed by atoms with van der Waals surface area (Å²) in [6.07, 6.45) is 7.22. The summed E-state index contributed by atoms with van der Waals surface area (Å²) >= 11 is 0. The van der Waals surface area contributed by atoms with E-state index in [9.17, 15) is 4.79 Å². The summed E-state index contributed by atoms with van der Waals surface area (Å²) < 4.78 is 0. The smallest absolute Gasteiger partial charge is 0.253 e. The van der Waals surface area contributed by atoms with Crippen molar-refractivity contribution in [1.82, 2.24) is 5.32 Å². The maximum atomic E-state index is 12.4. The third-order valence-electron chi connectivity index (χ3n) is 4.45. The molecule has 1 fully saturated rings. The van der Waals surface area contributed by atoms with Gasteiger partial charge in [0.05, 0.1) is 11.3 Å². The molecule has 0 unspecified atom stereocenters. The Bertz CT molecular complexity index is 479. The second-order valence-electron chi connectivity index (χ2n) is 6.17. The van der Waals surface area contributed by atoms with Crippen molar-refractivity contribution in [2.45, 2.75) is 58.4 Å². The zero-order valence-electron chi connectivity index (χ0n) is 13.1. The molecule has 4 nitrogen and oxygen atoms in total. The standard InChI is InChI=1S/C17H27N3O/c1-3-4-13-6-8-14(9-7-13)19-17(21)15-11-12(2)5-10-16(15)20-18/h5,10-11,13-14,20H,3-4,6-9,18H2,1-2H3,(H,19,21). The summed E-state index contributed by atoms with van der Waals surface area (Å²) in [5.41, 5.74) is 4.98. The summed E-state index contributed by atoms with van der Waals surface area (Å²) in [6, 6.07) is 5.98. The van der Waals surface area contributed by atoms with Crippen LogP contribution in [-0.4, -0.2) is 11.9 Å². The quantitative estimate of drug-likeness (QED) is 0.575. The summed E-state index contributed by atoms with van der Waals surface area (Å²) in [6.45, 7) is 4.22. The highest BCUT2D eigenvalue weighted by Gasteiger charge is 2.23. The zero-order chi connectivity index (χ0) is 15.2. The molecule has 21 heavy (non-hydrogen) atoms. The molecule has 0 aromatic heterocycles. The van der Waals surface area contributed by atoms with Crippen LogP contribution in [0.1, 0.15) is 61.4 Å². The first-order chi connectivity index (χ1) is 10.1. The monoisotopic (exact) mass is 289 g/mol. The Morgan fingerprint density at radius 1 is 1.29 bits per heavy atom. The van der Waals surface area contributed by atoms with Gasteiger partial charge in [0.15, 0.2) is 0 Å². The van der Waals surface area contributed by atoms with Crippen LogP contribution in [-0.2, 0) is 0 Å². The number of carbonyl (C=O) groups is 1. The summed E-state index contributed by atoms with van der Waals surface area (Å²) in [5.74, 6) is 6.32. The fourth-order valence-electron chi connectivity index (χ4n) is 3.24. The lowest BCUT2D eigenvalue weighted by molar-refractivity contribution is 0.0922. The van der Waals surface area contributed by atoms with Crippen LogP contribution in [0.25, 0.3) is 0 Å². The van der Waals surface area contributed by atoms with E-state index >= 15 is 0 Å². The van der Waals surface area contributed by atoms with Gasteiger partial charge in [-0.3, -0.25) is 10.6 Å². The van der Waals surface area contributed by atoms with Gasteiger partial charge in [-0.2, -0.15) is 0 Å². The van der Waals surface area contributed by atoms with Gasteiger partial charge >= 0.3 is 0 Å². The molecule has 0 saturated heterocycles. The number of carbonyl (C=O) groups excluding carboxylic acids is 1. The second kappa shape index (κ2) is 7.46. The minimum absolute atomic E-state index is 0.0226. The van der Waals surface area contributed by atoms with E-state index < -0.39 is 0 Å². The number of hydrogen-bond donors (Lipinski definition) is 3. The molecule has 1 aromatic carbocycles. The summed E-state index contributed by atoms with van der Waals surface area (Å²) in [7, 11) is 0. The fraction of sp³-hybridized carbons (Fsp3) is 0.588. The number of aryl methyl sites for hydroxylation is 1. The molecule has 4 heteroatoms. The van der Waals surface area contributed by atoms with E-state index in [1.54, 1.807) is 0 Å². The van der Waals surface area contributed by atoms with Gasteiger partial charge in [0.1, 0.15) is 0 Å². The number of rotatable bonds is 5. The Morgan fingerprint density at radius 2 is 2.00 bits per heavy atom. The first-order valence-electron chi connectivity index (χ1n) is 8.02. The van der Waals surface area contributed by atoms with Crippen LogP contribution in [0.5, 0.6) is 0 Å². The Morgan fingerprint density at radius 3 is 2.62 bits per heavy atom. The van der Waals surface area contributed by atoms with Gasteiger partial charge in [-0.05, 0) is 50.7 Å². The third kappa shape index (κ3) is 4.21. The molecule has 1 amide bonds. The van der Waals surface area contributed by atoms with E-state index in [4.69, 9.17) is 5.84 Å². The first kappa shape index (κ1) is 15.8. The lowest BCUT2D eigenvalue weighted by Crippen LogP contribution is -2.38. The van der Waals surface area contributed by atoms with Crippen molar-refractivity contribution in [3.63, 3.8) is 0 Å². The fourth-order valence-corrected chi connectivity index (χ4v) is 3.24. The molecule has 1 aliphatic carbocycles. The van der Waals surface area contributed by atoms with Gasteiger partial charge in [-0.15, -0.1) is 0 Å². The van der Waals surface area contributed by atoms with Crippen molar-refractivity contribution in [3.8, 4) is 0 Å². The molecule has 1 aromatic rings. The van der Waals surface area contributed by atoms with Crippen molar-refractivity contribution in [3.05, 3.63) is 29.3 Å². The molecule has 0 aliphatic heterocycles. The Kier molecular flexibility index (Phi) is 5.62. The van der Waals surface area contributed by atoms with Crippen LogP contribution in [0.3, 0.4) is 0 Å². The molecule has 1 aliphatic rings. The molecule has 0 spiro atoms. The lowest BCUT2D eigenvalue weighted by Gasteiger charge is -2.29. The molecular weight excluding hydrogens is 262 g/mol. The van der Waals surface area contributed by atoms with Crippen molar-refractivity contribution < 1.29 is 4.79 Å². The molecule has 116 valence electrons. The van der Waals surface area contributed by atoms with Gasteiger partial charge in [-0.25, -0.2) is 0 Å². The third-order valence-corrected chi connectivity index (χ3v) is 4.45. The maximum absolute atomic E-state index is 12.4.